The lowest BCUT2D eigenvalue weighted by atomic mass is 10.2. The van der Waals surface area contributed by atoms with Crippen LogP contribution in [0.5, 0.6) is 0 Å². The topological polar surface area (TPSA) is 60.9 Å². The van der Waals surface area contributed by atoms with E-state index in [0.717, 1.165) is 0 Å². The van der Waals surface area contributed by atoms with Crippen molar-refractivity contribution in [3.63, 3.8) is 0 Å². The minimum absolute atomic E-state index is 0.148. The van der Waals surface area contributed by atoms with E-state index in [4.69, 9.17) is 4.52 Å². The molecule has 0 bridgehead atoms. The maximum absolute atomic E-state index is 13.7. The molecular formula is C14H10FN3O2. The molecule has 6 heteroatoms. The van der Waals surface area contributed by atoms with Gasteiger partial charge in [0, 0.05) is 13.1 Å². The number of aromatic nitrogens is 3. The van der Waals surface area contributed by atoms with Crippen molar-refractivity contribution in [2.75, 3.05) is 0 Å². The molecule has 3 aromatic rings. The van der Waals surface area contributed by atoms with E-state index in [9.17, 15) is 9.18 Å². The van der Waals surface area contributed by atoms with E-state index >= 15 is 0 Å². The van der Waals surface area contributed by atoms with Crippen LogP contribution >= 0.6 is 0 Å². The normalized spacial score (nSPS) is 10.7. The quantitative estimate of drug-likeness (QED) is 0.717. The predicted octanol–water partition coefficient (Wildman–Crippen LogP) is 2.24. The molecule has 1 aromatic carbocycles. The molecule has 0 atom stereocenters. The van der Waals surface area contributed by atoms with Crippen molar-refractivity contribution in [3.8, 4) is 23.0 Å². The van der Waals surface area contributed by atoms with Gasteiger partial charge in [0.05, 0.1) is 5.56 Å². The summed E-state index contributed by atoms with van der Waals surface area (Å²) in [4.78, 5) is 15.7. The average molecular weight is 271 g/mol. The molecule has 0 N–H and O–H groups in total. The molecule has 0 aliphatic rings. The van der Waals surface area contributed by atoms with Crippen LogP contribution in [0.4, 0.5) is 4.39 Å². The van der Waals surface area contributed by atoms with Crippen molar-refractivity contribution in [3.05, 3.63) is 58.6 Å². The minimum Gasteiger partial charge on any atom is -0.332 e. The fourth-order valence-corrected chi connectivity index (χ4v) is 1.86. The highest BCUT2D eigenvalue weighted by Gasteiger charge is 2.15. The van der Waals surface area contributed by atoms with Crippen molar-refractivity contribution in [2.45, 2.75) is 0 Å². The zero-order valence-electron chi connectivity index (χ0n) is 10.6. The molecule has 0 saturated heterocycles. The van der Waals surface area contributed by atoms with Crippen molar-refractivity contribution in [2.24, 2.45) is 7.05 Å². The smallest absolute Gasteiger partial charge is 0.274 e. The maximum Gasteiger partial charge on any atom is 0.274 e. The van der Waals surface area contributed by atoms with Crippen LogP contribution in [0.2, 0.25) is 0 Å². The molecule has 0 unspecified atom stereocenters. The lowest BCUT2D eigenvalue weighted by Crippen LogP contribution is -2.16. The van der Waals surface area contributed by atoms with E-state index < -0.39 is 5.82 Å². The predicted molar refractivity (Wildman–Crippen MR) is 70.4 cm³/mol. The van der Waals surface area contributed by atoms with Gasteiger partial charge in [-0.15, -0.1) is 0 Å². The van der Waals surface area contributed by atoms with Crippen LogP contribution < -0.4 is 5.56 Å². The van der Waals surface area contributed by atoms with Crippen LogP contribution in [0.15, 0.2) is 51.8 Å². The van der Waals surface area contributed by atoms with Crippen molar-refractivity contribution >= 4 is 0 Å². The molecule has 0 aliphatic carbocycles. The Bertz CT molecular complexity index is 823. The summed E-state index contributed by atoms with van der Waals surface area (Å²) in [6.45, 7) is 0. The lowest BCUT2D eigenvalue weighted by molar-refractivity contribution is 0.428. The third kappa shape index (κ3) is 2.01. The summed E-state index contributed by atoms with van der Waals surface area (Å²) in [5, 5.41) is 3.75. The van der Waals surface area contributed by atoms with Gasteiger partial charge in [-0.05, 0) is 18.2 Å². The van der Waals surface area contributed by atoms with E-state index in [0.29, 0.717) is 5.69 Å². The Kier molecular flexibility index (Phi) is 2.90. The first kappa shape index (κ1) is 12.3. The van der Waals surface area contributed by atoms with Crippen molar-refractivity contribution in [1.29, 1.82) is 0 Å². The second kappa shape index (κ2) is 4.73. The van der Waals surface area contributed by atoms with Crippen LogP contribution in [0.25, 0.3) is 23.0 Å². The van der Waals surface area contributed by atoms with E-state index in [1.807, 2.05) is 0 Å². The van der Waals surface area contributed by atoms with Gasteiger partial charge >= 0.3 is 0 Å². The third-order valence-electron chi connectivity index (χ3n) is 2.94. The van der Waals surface area contributed by atoms with Crippen LogP contribution in [0, 0.1) is 5.82 Å². The van der Waals surface area contributed by atoms with E-state index in [1.54, 1.807) is 37.4 Å². The monoisotopic (exact) mass is 271 g/mol. The second-order valence-electron chi connectivity index (χ2n) is 4.21. The standard InChI is InChI=1S/C14H10FN3O2/c1-18-11(7-4-8-12(18)19)14-16-13(17-20-14)9-5-2-3-6-10(9)15/h2-8H,1H3. The summed E-state index contributed by atoms with van der Waals surface area (Å²) in [5.41, 5.74) is 0.546. The largest absolute Gasteiger partial charge is 0.332 e. The van der Waals surface area contributed by atoms with Gasteiger partial charge in [-0.1, -0.05) is 23.4 Å². The van der Waals surface area contributed by atoms with Gasteiger partial charge in [0.15, 0.2) is 0 Å². The molecule has 2 heterocycles. The molecule has 2 aromatic heterocycles. The highest BCUT2D eigenvalue weighted by Crippen LogP contribution is 2.22. The summed E-state index contributed by atoms with van der Waals surface area (Å²) < 4.78 is 20.1. The molecule has 0 fully saturated rings. The van der Waals surface area contributed by atoms with Gasteiger partial charge < -0.3 is 9.09 Å². The number of nitrogens with zero attached hydrogens (tertiary/aromatic N) is 3. The fourth-order valence-electron chi connectivity index (χ4n) is 1.86. The van der Waals surface area contributed by atoms with Gasteiger partial charge in [0.1, 0.15) is 11.5 Å². The number of hydrogen-bond acceptors (Lipinski definition) is 4. The number of pyridine rings is 1. The molecule has 100 valence electrons. The molecule has 0 aliphatic heterocycles. The van der Waals surface area contributed by atoms with E-state index in [2.05, 4.69) is 10.1 Å². The number of halogens is 1. The van der Waals surface area contributed by atoms with Crippen molar-refractivity contribution in [1.82, 2.24) is 14.7 Å². The maximum atomic E-state index is 13.7. The molecule has 3 rings (SSSR count). The summed E-state index contributed by atoms with van der Waals surface area (Å²) in [7, 11) is 1.60. The van der Waals surface area contributed by atoms with Crippen LogP contribution in [-0.4, -0.2) is 14.7 Å². The molecular weight excluding hydrogens is 261 g/mol. The molecule has 5 nitrogen and oxygen atoms in total. The van der Waals surface area contributed by atoms with Crippen LogP contribution in [-0.2, 0) is 7.05 Å². The van der Waals surface area contributed by atoms with Gasteiger partial charge in [-0.25, -0.2) is 4.39 Å². The SMILES string of the molecule is Cn1c(-c2nc(-c3ccccc3F)no2)cccc1=O. The highest BCUT2D eigenvalue weighted by molar-refractivity contribution is 5.58. The first-order valence-electron chi connectivity index (χ1n) is 5.92. The Morgan fingerprint density at radius 2 is 1.95 bits per heavy atom. The summed E-state index contributed by atoms with van der Waals surface area (Å²) in [5.74, 6) is -0.111. The molecule has 20 heavy (non-hydrogen) atoms. The number of benzene rings is 1. The first-order chi connectivity index (χ1) is 9.66. The van der Waals surface area contributed by atoms with Crippen molar-refractivity contribution < 1.29 is 8.91 Å². The minimum atomic E-state index is -0.429. The van der Waals surface area contributed by atoms with Gasteiger partial charge in [0.25, 0.3) is 11.4 Å². The Balaban J connectivity index is 2.09. The molecule has 0 spiro atoms. The Morgan fingerprint density at radius 3 is 2.75 bits per heavy atom. The summed E-state index contributed by atoms with van der Waals surface area (Å²) in [6, 6.07) is 10.9. The second-order valence-corrected chi connectivity index (χ2v) is 4.21. The van der Waals surface area contributed by atoms with Crippen LogP contribution in [0.3, 0.4) is 0 Å². The zero-order valence-corrected chi connectivity index (χ0v) is 10.6. The summed E-state index contributed by atoms with van der Waals surface area (Å²) in [6.07, 6.45) is 0. The Labute approximate surface area is 113 Å². The number of hydrogen-bond donors (Lipinski definition) is 0. The van der Waals surface area contributed by atoms with Crippen LogP contribution in [0.1, 0.15) is 0 Å². The Hall–Kier alpha value is -2.76. The third-order valence-corrected chi connectivity index (χ3v) is 2.94. The summed E-state index contributed by atoms with van der Waals surface area (Å²) >= 11 is 0. The van der Waals surface area contributed by atoms with Gasteiger partial charge in [0.2, 0.25) is 5.82 Å². The highest BCUT2D eigenvalue weighted by atomic mass is 19.1. The first-order valence-corrected chi connectivity index (χ1v) is 5.92. The zero-order chi connectivity index (χ0) is 14.1. The lowest BCUT2D eigenvalue weighted by Gasteiger charge is -2.01. The molecule has 0 radical (unpaired) electrons. The van der Waals surface area contributed by atoms with E-state index in [-0.39, 0.29) is 22.8 Å². The molecule has 0 amide bonds. The number of rotatable bonds is 2. The van der Waals surface area contributed by atoms with Gasteiger partial charge in [-0.2, -0.15) is 4.98 Å². The Morgan fingerprint density at radius 1 is 1.15 bits per heavy atom. The van der Waals surface area contributed by atoms with Gasteiger partial charge in [-0.3, -0.25) is 4.79 Å². The average Bonchev–Trinajstić information content (AvgIpc) is 2.92. The fraction of sp³-hybridized carbons (Fsp3) is 0.0714. The van der Waals surface area contributed by atoms with E-state index in [1.165, 1.54) is 16.7 Å². The molecule has 0 saturated carbocycles.